The molecule has 1 aromatic heterocycles. The molecular formula is C28H36FN3O4. The van der Waals surface area contributed by atoms with Crippen molar-refractivity contribution in [2.24, 2.45) is 11.8 Å². The van der Waals surface area contributed by atoms with Crippen LogP contribution in [0.25, 0.3) is 11.1 Å². The summed E-state index contributed by atoms with van der Waals surface area (Å²) in [6.45, 7) is 4.28. The molecule has 2 aromatic rings. The molecular weight excluding hydrogens is 461 g/mol. The van der Waals surface area contributed by atoms with Crippen LogP contribution in [0.2, 0.25) is 0 Å². The third kappa shape index (κ3) is 5.53. The van der Waals surface area contributed by atoms with Crippen LogP contribution in [0.4, 0.5) is 4.39 Å². The van der Waals surface area contributed by atoms with E-state index in [9.17, 15) is 19.1 Å². The van der Waals surface area contributed by atoms with E-state index in [-0.39, 0.29) is 41.7 Å². The normalized spacial score (nSPS) is 21.7. The number of fused-ring (bicyclic) bond motifs is 1. The lowest BCUT2D eigenvalue weighted by molar-refractivity contribution is -0.136. The number of nitrogens with zero attached hydrogens (tertiary/aromatic N) is 3. The minimum Gasteiger partial charge on any atom is -0.472 e. The molecule has 194 valence electrons. The summed E-state index contributed by atoms with van der Waals surface area (Å²) < 4.78 is 20.8. The molecule has 1 saturated carbocycles. The molecule has 3 atom stereocenters. The molecule has 0 unspecified atom stereocenters. The van der Waals surface area contributed by atoms with Gasteiger partial charge in [-0.3, -0.25) is 9.59 Å². The van der Waals surface area contributed by atoms with Gasteiger partial charge in [0.2, 0.25) is 11.8 Å². The van der Waals surface area contributed by atoms with E-state index >= 15 is 0 Å². The first kappa shape index (κ1) is 26.1. The van der Waals surface area contributed by atoms with Crippen LogP contribution in [0.5, 0.6) is 5.88 Å². The second kappa shape index (κ2) is 11.4. The average Bonchev–Trinajstić information content (AvgIpc) is 2.90. The summed E-state index contributed by atoms with van der Waals surface area (Å²) in [5.41, 5.74) is 1.02. The maximum atomic E-state index is 14.5. The van der Waals surface area contributed by atoms with E-state index in [2.05, 4.69) is 4.98 Å². The highest BCUT2D eigenvalue weighted by Gasteiger charge is 2.35. The largest absolute Gasteiger partial charge is 0.472 e. The van der Waals surface area contributed by atoms with Gasteiger partial charge in [0.05, 0.1) is 19.2 Å². The Balaban J connectivity index is 1.66. The van der Waals surface area contributed by atoms with Gasteiger partial charge in [-0.1, -0.05) is 44.4 Å². The number of halogens is 1. The van der Waals surface area contributed by atoms with Crippen molar-refractivity contribution >= 4 is 11.8 Å². The zero-order valence-corrected chi connectivity index (χ0v) is 21.3. The highest BCUT2D eigenvalue weighted by molar-refractivity contribution is 5.98. The maximum absolute atomic E-state index is 14.5. The number of aliphatic hydroxyl groups is 1. The second-order valence-electron chi connectivity index (χ2n) is 10.2. The number of hydrogen-bond acceptors (Lipinski definition) is 5. The Bertz CT molecular complexity index is 1090. The van der Waals surface area contributed by atoms with Crippen molar-refractivity contribution < 1.29 is 23.8 Å². The number of aromatic nitrogens is 1. The van der Waals surface area contributed by atoms with Gasteiger partial charge in [-0.15, -0.1) is 0 Å². The molecule has 1 aliphatic heterocycles. The number of likely N-dealkylation sites (N-methyl/N-ethyl adjacent to an activating group) is 1. The van der Waals surface area contributed by atoms with E-state index in [1.54, 1.807) is 48.0 Å². The first-order valence-corrected chi connectivity index (χ1v) is 12.9. The highest BCUT2D eigenvalue weighted by atomic mass is 19.1. The van der Waals surface area contributed by atoms with E-state index in [1.165, 1.54) is 18.7 Å². The van der Waals surface area contributed by atoms with Crippen LogP contribution in [0.1, 0.15) is 56.3 Å². The van der Waals surface area contributed by atoms with Crippen LogP contribution >= 0.6 is 0 Å². The summed E-state index contributed by atoms with van der Waals surface area (Å²) in [4.78, 5) is 34.5. The molecule has 2 heterocycles. The molecule has 0 bridgehead atoms. The number of hydrogen-bond donors (Lipinski definition) is 1. The Morgan fingerprint density at radius 3 is 2.67 bits per heavy atom. The van der Waals surface area contributed by atoms with Gasteiger partial charge >= 0.3 is 0 Å². The van der Waals surface area contributed by atoms with Gasteiger partial charge in [-0.25, -0.2) is 9.37 Å². The molecule has 0 radical (unpaired) electrons. The maximum Gasteiger partial charge on any atom is 0.259 e. The number of ether oxygens (including phenoxy) is 1. The van der Waals surface area contributed by atoms with Gasteiger partial charge in [0.15, 0.2) is 0 Å². The molecule has 36 heavy (non-hydrogen) atoms. The molecule has 4 rings (SSSR count). The third-order valence-corrected chi connectivity index (χ3v) is 7.49. The SMILES string of the molecule is C[C@@H]1CN([C@@H](C)CO)C(=O)c2cc(-c3ccccc3F)cnc2O[C@@H]1CN(C)C(=O)C1CCCCC1. The number of benzene rings is 1. The lowest BCUT2D eigenvalue weighted by atomic mass is 9.88. The Hall–Kier alpha value is -3.00. The average molecular weight is 498 g/mol. The molecule has 1 N–H and O–H groups in total. The van der Waals surface area contributed by atoms with Crippen molar-refractivity contribution in [1.82, 2.24) is 14.8 Å². The predicted molar refractivity (Wildman–Crippen MR) is 135 cm³/mol. The Morgan fingerprint density at radius 1 is 1.25 bits per heavy atom. The van der Waals surface area contributed by atoms with Crippen LogP contribution < -0.4 is 4.74 Å². The van der Waals surface area contributed by atoms with E-state index in [0.717, 1.165) is 25.7 Å². The topological polar surface area (TPSA) is 83.0 Å². The summed E-state index contributed by atoms with van der Waals surface area (Å²) in [6.07, 6.45) is 6.28. The summed E-state index contributed by atoms with van der Waals surface area (Å²) in [5.74, 6) is -0.514. The Labute approximate surface area is 212 Å². The minimum atomic E-state index is -0.426. The number of pyridine rings is 1. The second-order valence-corrected chi connectivity index (χ2v) is 10.2. The first-order chi connectivity index (χ1) is 17.3. The Morgan fingerprint density at radius 2 is 1.97 bits per heavy atom. The van der Waals surface area contributed by atoms with Crippen molar-refractivity contribution in [2.75, 3.05) is 26.7 Å². The summed E-state index contributed by atoms with van der Waals surface area (Å²) in [7, 11) is 1.81. The first-order valence-electron chi connectivity index (χ1n) is 12.9. The molecule has 1 aliphatic carbocycles. The zero-order valence-electron chi connectivity index (χ0n) is 21.3. The van der Waals surface area contributed by atoms with Crippen LogP contribution in [0.3, 0.4) is 0 Å². The van der Waals surface area contributed by atoms with Gasteiger partial charge < -0.3 is 19.6 Å². The molecule has 8 heteroatoms. The molecule has 2 aliphatic rings. The molecule has 2 amide bonds. The van der Waals surface area contributed by atoms with E-state index in [1.807, 2.05) is 6.92 Å². The smallest absolute Gasteiger partial charge is 0.259 e. The monoisotopic (exact) mass is 497 g/mol. The molecule has 0 saturated heterocycles. The van der Waals surface area contributed by atoms with Crippen LogP contribution in [0.15, 0.2) is 36.5 Å². The minimum absolute atomic E-state index is 0.0498. The van der Waals surface area contributed by atoms with E-state index in [4.69, 9.17) is 4.74 Å². The number of carbonyl (C=O) groups is 2. The lowest BCUT2D eigenvalue weighted by Gasteiger charge is -2.38. The van der Waals surface area contributed by atoms with Crippen molar-refractivity contribution in [1.29, 1.82) is 0 Å². The third-order valence-electron chi connectivity index (χ3n) is 7.49. The van der Waals surface area contributed by atoms with Crippen molar-refractivity contribution in [3.05, 3.63) is 47.9 Å². The highest BCUT2D eigenvalue weighted by Crippen LogP contribution is 2.32. The quantitative estimate of drug-likeness (QED) is 0.649. The number of aliphatic hydroxyl groups excluding tert-OH is 1. The van der Waals surface area contributed by atoms with Crippen molar-refractivity contribution in [3.8, 4) is 17.0 Å². The number of rotatable bonds is 6. The standard InChI is InChI=1S/C28H36FN3O4/c1-18-15-32(19(2)17-33)28(35)23-13-21(22-11-7-8-12-24(22)29)14-30-26(23)36-25(18)16-31(3)27(34)20-9-5-4-6-10-20/h7-8,11-14,18-20,25,33H,4-6,9-10,15-17H2,1-3H3/t18-,19+,25-/m1/s1. The van der Waals surface area contributed by atoms with Crippen LogP contribution in [-0.4, -0.2) is 70.6 Å². The summed E-state index contributed by atoms with van der Waals surface area (Å²) in [6, 6.07) is 7.51. The van der Waals surface area contributed by atoms with Crippen molar-refractivity contribution in [3.63, 3.8) is 0 Å². The molecule has 7 nitrogen and oxygen atoms in total. The fraction of sp³-hybridized carbons (Fsp3) is 0.536. The molecule has 1 fully saturated rings. The lowest BCUT2D eigenvalue weighted by Crippen LogP contribution is -2.51. The molecule has 0 spiro atoms. The molecule has 1 aromatic carbocycles. The van der Waals surface area contributed by atoms with E-state index < -0.39 is 18.0 Å². The number of carbonyl (C=O) groups excluding carboxylic acids is 2. The van der Waals surface area contributed by atoms with Crippen molar-refractivity contribution in [2.45, 2.75) is 58.1 Å². The fourth-order valence-electron chi connectivity index (χ4n) is 5.18. The van der Waals surface area contributed by atoms with Gasteiger partial charge in [-0.2, -0.15) is 0 Å². The van der Waals surface area contributed by atoms with Gasteiger partial charge in [0.25, 0.3) is 5.91 Å². The fourth-order valence-corrected chi connectivity index (χ4v) is 5.18. The Kier molecular flexibility index (Phi) is 8.24. The van der Waals surface area contributed by atoms with Crippen LogP contribution in [0, 0.1) is 17.7 Å². The van der Waals surface area contributed by atoms with Crippen LogP contribution in [-0.2, 0) is 4.79 Å². The van der Waals surface area contributed by atoms with Gasteiger partial charge in [0.1, 0.15) is 17.5 Å². The number of amides is 2. The summed E-state index contributed by atoms with van der Waals surface area (Å²) >= 11 is 0. The zero-order chi connectivity index (χ0) is 25.8. The van der Waals surface area contributed by atoms with E-state index in [0.29, 0.717) is 24.2 Å². The predicted octanol–water partition coefficient (Wildman–Crippen LogP) is 4.15. The van der Waals surface area contributed by atoms with Gasteiger partial charge in [-0.05, 0) is 31.9 Å². The van der Waals surface area contributed by atoms with Gasteiger partial charge in [0, 0.05) is 42.8 Å². The summed E-state index contributed by atoms with van der Waals surface area (Å²) in [5, 5.41) is 9.86.